The summed E-state index contributed by atoms with van der Waals surface area (Å²) in [5.41, 5.74) is -1.00. The van der Waals surface area contributed by atoms with E-state index in [1.807, 2.05) is 0 Å². The second kappa shape index (κ2) is 4.29. The summed E-state index contributed by atoms with van der Waals surface area (Å²) in [5.74, 6) is -2.78. The number of ketones is 1. The molecule has 1 aromatic rings. The number of halogens is 3. The van der Waals surface area contributed by atoms with Gasteiger partial charge in [0.15, 0.2) is 11.6 Å². The first-order valence-corrected chi connectivity index (χ1v) is 4.71. The van der Waals surface area contributed by atoms with E-state index in [2.05, 4.69) is 15.9 Å². The fourth-order valence-electron chi connectivity index (χ4n) is 0.961. The van der Waals surface area contributed by atoms with Crippen LogP contribution in [0.2, 0.25) is 0 Å². The number of carbonyl (C=O) groups excluding carboxylic acids is 1. The van der Waals surface area contributed by atoms with Crippen molar-refractivity contribution in [1.82, 2.24) is 0 Å². The zero-order valence-electron chi connectivity index (χ0n) is 6.85. The quantitative estimate of drug-likeness (QED) is 0.605. The molecule has 0 N–H and O–H groups in total. The molecule has 0 aliphatic carbocycles. The molecular weight excluding hydrogens is 256 g/mol. The van der Waals surface area contributed by atoms with Gasteiger partial charge in [0.05, 0.1) is 16.5 Å². The van der Waals surface area contributed by atoms with Gasteiger partial charge >= 0.3 is 0 Å². The second-order valence-corrected chi connectivity index (χ2v) is 3.01. The van der Waals surface area contributed by atoms with Crippen LogP contribution in [0.4, 0.5) is 8.78 Å². The largest absolute Gasteiger partial charge is 0.293 e. The number of hydrogen-bond acceptors (Lipinski definition) is 2. The first-order chi connectivity index (χ1) is 6.61. The minimum absolute atomic E-state index is 0.185. The second-order valence-electron chi connectivity index (χ2n) is 2.45. The summed E-state index contributed by atoms with van der Waals surface area (Å²) in [5, 5.41) is 8.27. The third-order valence-electron chi connectivity index (χ3n) is 1.61. The predicted molar refractivity (Wildman–Crippen MR) is 49.2 cm³/mol. The zero-order valence-corrected chi connectivity index (χ0v) is 8.44. The number of benzene rings is 1. The lowest BCUT2D eigenvalue weighted by atomic mass is 10.1. The molecule has 72 valence electrons. The molecule has 1 aromatic carbocycles. The van der Waals surface area contributed by atoms with Gasteiger partial charge in [-0.3, -0.25) is 4.79 Å². The molecule has 5 heteroatoms. The third kappa shape index (κ3) is 1.80. The lowest BCUT2D eigenvalue weighted by molar-refractivity contribution is 0.101. The van der Waals surface area contributed by atoms with Crippen LogP contribution >= 0.6 is 15.9 Å². The molecule has 0 amide bonds. The molecule has 0 aliphatic heterocycles. The first-order valence-electron chi connectivity index (χ1n) is 3.59. The molecular formula is C9H4BrF2NO. The fourth-order valence-corrected chi connectivity index (χ4v) is 1.24. The molecule has 0 atom stereocenters. The first kappa shape index (κ1) is 10.8. The van der Waals surface area contributed by atoms with Gasteiger partial charge in [0.2, 0.25) is 0 Å². The van der Waals surface area contributed by atoms with E-state index >= 15 is 0 Å². The van der Waals surface area contributed by atoms with Crippen LogP contribution in [0.5, 0.6) is 0 Å². The van der Waals surface area contributed by atoms with E-state index in [1.54, 1.807) is 0 Å². The monoisotopic (exact) mass is 259 g/mol. The Hall–Kier alpha value is -1.28. The lowest BCUT2D eigenvalue weighted by Gasteiger charge is -2.02. The molecule has 0 radical (unpaired) electrons. The van der Waals surface area contributed by atoms with Gasteiger partial charge in [-0.25, -0.2) is 8.78 Å². The van der Waals surface area contributed by atoms with E-state index in [1.165, 1.54) is 6.07 Å². The van der Waals surface area contributed by atoms with Crippen molar-refractivity contribution in [1.29, 1.82) is 5.26 Å². The van der Waals surface area contributed by atoms with Crippen LogP contribution in [0.25, 0.3) is 0 Å². The highest BCUT2D eigenvalue weighted by atomic mass is 79.9. The van der Waals surface area contributed by atoms with Gasteiger partial charge < -0.3 is 0 Å². The number of nitrogens with zero attached hydrogens (tertiary/aromatic N) is 1. The number of alkyl halides is 1. The maximum Gasteiger partial charge on any atom is 0.179 e. The molecule has 0 unspecified atom stereocenters. The molecule has 0 spiro atoms. The average Bonchev–Trinajstić information content (AvgIpc) is 2.18. The Kier molecular flexibility index (Phi) is 3.31. The van der Waals surface area contributed by atoms with Crippen LogP contribution < -0.4 is 0 Å². The molecule has 0 saturated heterocycles. The van der Waals surface area contributed by atoms with Gasteiger partial charge in [-0.15, -0.1) is 0 Å². The smallest absolute Gasteiger partial charge is 0.179 e. The van der Waals surface area contributed by atoms with E-state index < -0.39 is 23.0 Å². The Labute approximate surface area is 87.3 Å². The molecule has 0 heterocycles. The van der Waals surface area contributed by atoms with E-state index in [9.17, 15) is 13.6 Å². The van der Waals surface area contributed by atoms with Crippen molar-refractivity contribution in [2.75, 3.05) is 5.33 Å². The number of carbonyl (C=O) groups is 1. The number of nitriles is 1. The lowest BCUT2D eigenvalue weighted by Crippen LogP contribution is -2.08. The van der Waals surface area contributed by atoms with Crippen LogP contribution in [0.1, 0.15) is 15.9 Å². The average molecular weight is 260 g/mol. The van der Waals surface area contributed by atoms with Crippen LogP contribution in [-0.4, -0.2) is 11.1 Å². The molecule has 0 saturated carbocycles. The molecule has 2 nitrogen and oxygen atoms in total. The van der Waals surface area contributed by atoms with Crippen molar-refractivity contribution in [2.45, 2.75) is 0 Å². The minimum Gasteiger partial charge on any atom is -0.293 e. The fraction of sp³-hybridized carbons (Fsp3) is 0.111. The van der Waals surface area contributed by atoms with E-state index in [-0.39, 0.29) is 10.9 Å². The predicted octanol–water partition coefficient (Wildman–Crippen LogP) is 2.41. The topological polar surface area (TPSA) is 40.9 Å². The Morgan fingerprint density at radius 2 is 2.14 bits per heavy atom. The van der Waals surface area contributed by atoms with Crippen molar-refractivity contribution in [3.63, 3.8) is 0 Å². The summed E-state index contributed by atoms with van der Waals surface area (Å²) in [4.78, 5) is 11.1. The standard InChI is InChI=1S/C9H4BrF2NO/c10-3-7(14)8-6(11)2-1-5(4-13)9(8)12/h1-2H,3H2. The van der Waals surface area contributed by atoms with Gasteiger partial charge in [-0.2, -0.15) is 5.26 Å². The Morgan fingerprint density at radius 3 is 2.64 bits per heavy atom. The van der Waals surface area contributed by atoms with Gasteiger partial charge in [0.1, 0.15) is 11.9 Å². The molecule has 0 bridgehead atoms. The summed E-state index contributed by atoms with van der Waals surface area (Å²) in [6.07, 6.45) is 0. The molecule has 0 fully saturated rings. The third-order valence-corrected chi connectivity index (χ3v) is 2.12. The Morgan fingerprint density at radius 1 is 1.50 bits per heavy atom. The number of hydrogen-bond donors (Lipinski definition) is 0. The maximum absolute atomic E-state index is 13.3. The highest BCUT2D eigenvalue weighted by molar-refractivity contribution is 9.09. The summed E-state index contributed by atoms with van der Waals surface area (Å²) in [6.45, 7) is 0. The van der Waals surface area contributed by atoms with Crippen molar-refractivity contribution in [3.8, 4) is 6.07 Å². The zero-order chi connectivity index (χ0) is 10.7. The van der Waals surface area contributed by atoms with E-state index in [0.29, 0.717) is 0 Å². The minimum atomic E-state index is -1.10. The van der Waals surface area contributed by atoms with Crippen LogP contribution in [0, 0.1) is 23.0 Å². The molecule has 0 aromatic heterocycles. The molecule has 14 heavy (non-hydrogen) atoms. The van der Waals surface area contributed by atoms with Crippen LogP contribution in [0.15, 0.2) is 12.1 Å². The molecule has 1 rings (SSSR count). The number of rotatable bonds is 2. The summed E-state index contributed by atoms with van der Waals surface area (Å²) < 4.78 is 26.3. The van der Waals surface area contributed by atoms with E-state index in [4.69, 9.17) is 5.26 Å². The van der Waals surface area contributed by atoms with Gasteiger partial charge in [0.25, 0.3) is 0 Å². The molecule has 0 aliphatic rings. The SMILES string of the molecule is N#Cc1ccc(F)c(C(=O)CBr)c1F. The summed E-state index contributed by atoms with van der Waals surface area (Å²) >= 11 is 2.80. The highest BCUT2D eigenvalue weighted by Gasteiger charge is 2.19. The number of Topliss-reactive ketones (excluding diaryl/α,β-unsaturated/α-hetero) is 1. The summed E-state index contributed by atoms with van der Waals surface area (Å²) in [7, 11) is 0. The van der Waals surface area contributed by atoms with Gasteiger partial charge in [0, 0.05) is 0 Å². The normalized spacial score (nSPS) is 9.57. The Balaban J connectivity index is 3.42. The van der Waals surface area contributed by atoms with Crippen molar-refractivity contribution in [2.24, 2.45) is 0 Å². The van der Waals surface area contributed by atoms with Gasteiger partial charge in [-0.1, -0.05) is 15.9 Å². The Bertz CT molecular complexity index is 426. The van der Waals surface area contributed by atoms with Gasteiger partial charge in [-0.05, 0) is 12.1 Å². The van der Waals surface area contributed by atoms with Crippen molar-refractivity contribution >= 4 is 21.7 Å². The van der Waals surface area contributed by atoms with Crippen LogP contribution in [-0.2, 0) is 0 Å². The van der Waals surface area contributed by atoms with Crippen molar-refractivity contribution in [3.05, 3.63) is 34.9 Å². The maximum atomic E-state index is 13.3. The van der Waals surface area contributed by atoms with E-state index in [0.717, 1.165) is 12.1 Å². The highest BCUT2D eigenvalue weighted by Crippen LogP contribution is 2.17. The summed E-state index contributed by atoms with van der Waals surface area (Å²) in [6, 6.07) is 3.43. The van der Waals surface area contributed by atoms with Crippen LogP contribution in [0.3, 0.4) is 0 Å². The van der Waals surface area contributed by atoms with Crippen molar-refractivity contribution < 1.29 is 13.6 Å².